The Morgan fingerprint density at radius 1 is 1.07 bits per heavy atom. The third-order valence-corrected chi connectivity index (χ3v) is 8.02. The Balaban J connectivity index is 1.18. The number of benzene rings is 2. The van der Waals surface area contributed by atoms with Gasteiger partial charge in [0.25, 0.3) is 0 Å². The molecular formula is C30H34ClFN2O11. The van der Waals surface area contributed by atoms with Gasteiger partial charge in [-0.15, -0.1) is 0 Å². The maximum absolute atomic E-state index is 14.9. The second-order valence-corrected chi connectivity index (χ2v) is 11.5. The number of carbonyl (C=O) groups excluding carboxylic acids is 1. The summed E-state index contributed by atoms with van der Waals surface area (Å²) in [5, 5.41) is 59.2. The molecule has 2 saturated heterocycles. The molecule has 0 radical (unpaired) electrons. The minimum atomic E-state index is -1.97. The van der Waals surface area contributed by atoms with Gasteiger partial charge in [0.15, 0.2) is 17.7 Å². The number of phenolic OH excluding ortho intramolecular Hbond substituents is 1. The number of hydrogen-bond acceptors (Lipinski definition) is 12. The molecule has 2 aromatic rings. The lowest BCUT2D eigenvalue weighted by Crippen LogP contribution is -2.67. The van der Waals surface area contributed by atoms with Gasteiger partial charge in [-0.2, -0.15) is 0 Å². The lowest BCUT2D eigenvalue weighted by molar-refractivity contribution is -0.155. The van der Waals surface area contributed by atoms with Crippen LogP contribution in [0.1, 0.15) is 25.0 Å². The predicted octanol–water partition coefficient (Wildman–Crippen LogP) is 1.17. The molecule has 13 nitrogen and oxygen atoms in total. The van der Waals surface area contributed by atoms with Crippen LogP contribution in [0.15, 0.2) is 53.2 Å². The smallest absolute Gasteiger partial charge is 0.247 e. The number of hydrogen-bond donors (Lipinski definition) is 6. The van der Waals surface area contributed by atoms with E-state index in [-0.39, 0.29) is 30.4 Å². The van der Waals surface area contributed by atoms with Gasteiger partial charge in [-0.3, -0.25) is 4.79 Å². The van der Waals surface area contributed by atoms with Gasteiger partial charge in [-0.25, -0.2) is 4.39 Å². The molecule has 0 unspecified atom stereocenters. The van der Waals surface area contributed by atoms with Gasteiger partial charge >= 0.3 is 0 Å². The van der Waals surface area contributed by atoms with Crippen molar-refractivity contribution in [3.8, 4) is 11.5 Å². The van der Waals surface area contributed by atoms with Crippen LogP contribution in [0.2, 0.25) is 5.02 Å². The average Bonchev–Trinajstić information content (AvgIpc) is 3.61. The van der Waals surface area contributed by atoms with Crippen LogP contribution in [-0.4, -0.2) is 105 Å². The second-order valence-electron chi connectivity index (χ2n) is 11.0. The number of fused-ring (bicyclic) bond motifs is 1. The zero-order valence-electron chi connectivity index (χ0n) is 24.2. The molecule has 3 fully saturated rings. The first-order valence-electron chi connectivity index (χ1n) is 14.1. The van der Waals surface area contributed by atoms with Gasteiger partial charge in [-0.1, -0.05) is 35.0 Å². The van der Waals surface area contributed by atoms with Crippen LogP contribution in [-0.2, 0) is 30.4 Å². The fourth-order valence-electron chi connectivity index (χ4n) is 5.34. The minimum absolute atomic E-state index is 0.0917. The van der Waals surface area contributed by atoms with Gasteiger partial charge in [-0.05, 0) is 55.3 Å². The Morgan fingerprint density at radius 2 is 1.80 bits per heavy atom. The Hall–Kier alpha value is -3.34. The molecule has 1 amide bonds. The van der Waals surface area contributed by atoms with E-state index in [2.05, 4.69) is 10.5 Å². The summed E-state index contributed by atoms with van der Waals surface area (Å²) in [6, 6.07) is 9.82. The Labute approximate surface area is 262 Å². The van der Waals surface area contributed by atoms with Gasteiger partial charge in [0, 0.05) is 10.6 Å². The zero-order valence-corrected chi connectivity index (χ0v) is 25.0. The van der Waals surface area contributed by atoms with Crippen molar-refractivity contribution in [2.75, 3.05) is 6.79 Å². The molecule has 2 heterocycles. The maximum Gasteiger partial charge on any atom is 0.247 e. The van der Waals surface area contributed by atoms with Crippen LogP contribution in [0.3, 0.4) is 0 Å². The standard InChI is InChI=1S/C30H34ClFN2O11/c1-13(29(40)33-21-23(37)25(39)28-27(24(21)38)41-12-42-28)8-15-6-7-19(18(35)10-15)44-30-20(32)22(36)26(45-30)14(2)34-43-11-16-4-3-5-17(31)9-16/h3-10,20-28,30,35-39H,11-12H2,1-2H3,(H,33,40)/b13-8+,34-14+/t20-,21-,22+,23+,24-,25-,26-,27+,28-,30-/m1/s1. The lowest BCUT2D eigenvalue weighted by atomic mass is 9.83. The van der Waals surface area contributed by atoms with E-state index < -0.39 is 72.9 Å². The summed E-state index contributed by atoms with van der Waals surface area (Å²) in [7, 11) is 0. The SMILES string of the molecule is C/C(=C\c1ccc(O[C@@H]2O[C@H](/C(C)=N/OCc3cccc(Cl)c3)[C@@H](O)[C@H]2F)c(O)c1)C(=O)N[C@@H]1[C@H](O)[C@@H](O)[C@H]2OCO[C@H]2[C@@H]1O. The van der Waals surface area contributed by atoms with E-state index in [0.717, 1.165) is 5.56 Å². The molecule has 244 valence electrons. The molecule has 0 bridgehead atoms. The number of aromatic hydroxyl groups is 1. The molecule has 3 aliphatic rings. The molecule has 0 aromatic heterocycles. The van der Waals surface area contributed by atoms with Crippen molar-refractivity contribution in [2.24, 2.45) is 5.16 Å². The number of carbonyl (C=O) groups is 1. The predicted molar refractivity (Wildman–Crippen MR) is 156 cm³/mol. The molecule has 10 atom stereocenters. The summed E-state index contributed by atoms with van der Waals surface area (Å²) in [4.78, 5) is 18.1. The molecule has 1 aliphatic carbocycles. The van der Waals surface area contributed by atoms with Crippen LogP contribution >= 0.6 is 11.6 Å². The quantitative estimate of drug-likeness (QED) is 0.130. The number of nitrogens with zero attached hydrogens (tertiary/aromatic N) is 1. The summed E-state index contributed by atoms with van der Waals surface area (Å²) in [5.41, 5.74) is 1.44. The highest BCUT2D eigenvalue weighted by Crippen LogP contribution is 2.34. The first-order chi connectivity index (χ1) is 21.4. The van der Waals surface area contributed by atoms with E-state index >= 15 is 0 Å². The molecule has 6 N–H and O–H groups in total. The molecule has 2 aromatic carbocycles. The number of phenols is 1. The van der Waals surface area contributed by atoms with Gasteiger partial charge in [0.1, 0.15) is 56.1 Å². The third-order valence-electron chi connectivity index (χ3n) is 7.79. The minimum Gasteiger partial charge on any atom is -0.504 e. The van der Waals surface area contributed by atoms with Crippen molar-refractivity contribution < 1.29 is 58.5 Å². The first kappa shape index (κ1) is 33.0. The van der Waals surface area contributed by atoms with Crippen molar-refractivity contribution in [1.29, 1.82) is 0 Å². The highest BCUT2D eigenvalue weighted by Gasteiger charge is 2.53. The van der Waals surface area contributed by atoms with Crippen LogP contribution in [0, 0.1) is 0 Å². The molecule has 5 rings (SSSR count). The molecule has 45 heavy (non-hydrogen) atoms. The van der Waals surface area contributed by atoms with Crippen LogP contribution in [0.25, 0.3) is 6.08 Å². The summed E-state index contributed by atoms with van der Waals surface area (Å²) in [5.74, 6) is -1.19. The molecular weight excluding hydrogens is 619 g/mol. The van der Waals surface area contributed by atoms with E-state index in [0.29, 0.717) is 10.6 Å². The van der Waals surface area contributed by atoms with Crippen LogP contribution in [0.5, 0.6) is 11.5 Å². The van der Waals surface area contributed by atoms with E-state index in [4.69, 9.17) is 35.4 Å². The largest absolute Gasteiger partial charge is 0.504 e. The van der Waals surface area contributed by atoms with Crippen molar-refractivity contribution in [1.82, 2.24) is 5.32 Å². The number of aliphatic hydroxyl groups excluding tert-OH is 4. The van der Waals surface area contributed by atoms with Gasteiger partial charge in [0.05, 0.1) is 11.8 Å². The highest BCUT2D eigenvalue weighted by atomic mass is 35.5. The molecule has 1 saturated carbocycles. The number of aliphatic hydroxyl groups is 4. The van der Waals surface area contributed by atoms with Crippen LogP contribution in [0.4, 0.5) is 4.39 Å². The zero-order chi connectivity index (χ0) is 32.4. The van der Waals surface area contributed by atoms with E-state index in [1.807, 2.05) is 0 Å². The lowest BCUT2D eigenvalue weighted by Gasteiger charge is -2.41. The van der Waals surface area contributed by atoms with Crippen molar-refractivity contribution in [3.63, 3.8) is 0 Å². The van der Waals surface area contributed by atoms with Gasteiger partial charge in [0.2, 0.25) is 12.2 Å². The number of ether oxygens (including phenoxy) is 4. The van der Waals surface area contributed by atoms with E-state index in [1.54, 1.807) is 24.3 Å². The van der Waals surface area contributed by atoms with Crippen molar-refractivity contribution >= 4 is 29.3 Å². The summed E-state index contributed by atoms with van der Waals surface area (Å²) in [6.45, 7) is 2.91. The summed E-state index contributed by atoms with van der Waals surface area (Å²) >= 11 is 5.96. The Kier molecular flexibility index (Phi) is 10.3. The molecule has 0 spiro atoms. The highest BCUT2D eigenvalue weighted by molar-refractivity contribution is 6.30. The molecule has 15 heteroatoms. The summed E-state index contributed by atoms with van der Waals surface area (Å²) in [6.07, 6.45) is -11.0. The number of nitrogens with one attached hydrogen (secondary N) is 1. The normalized spacial score (nSPS) is 33.5. The topological polar surface area (TPSA) is 189 Å². The number of alkyl halides is 1. The fraction of sp³-hybridized carbons (Fsp3) is 0.467. The van der Waals surface area contributed by atoms with Crippen LogP contribution < -0.4 is 10.1 Å². The summed E-state index contributed by atoms with van der Waals surface area (Å²) < 4.78 is 36.5. The monoisotopic (exact) mass is 652 g/mol. The number of halogens is 2. The first-order valence-corrected chi connectivity index (χ1v) is 14.5. The fourth-order valence-corrected chi connectivity index (χ4v) is 5.55. The van der Waals surface area contributed by atoms with Crippen molar-refractivity contribution in [2.45, 2.75) is 81.7 Å². The van der Waals surface area contributed by atoms with E-state index in [1.165, 1.54) is 38.1 Å². The number of oxime groups is 1. The maximum atomic E-state index is 14.9. The van der Waals surface area contributed by atoms with Gasteiger partial charge < -0.3 is 54.6 Å². The Morgan fingerprint density at radius 3 is 2.51 bits per heavy atom. The average molecular weight is 653 g/mol. The van der Waals surface area contributed by atoms with Crippen molar-refractivity contribution in [3.05, 3.63) is 64.2 Å². The number of amides is 1. The second kappa shape index (κ2) is 14.0. The number of rotatable bonds is 9. The third kappa shape index (κ3) is 7.23. The van der Waals surface area contributed by atoms with E-state index in [9.17, 15) is 34.7 Å². The Bertz CT molecular complexity index is 1440. The molecule has 2 aliphatic heterocycles.